The Morgan fingerprint density at radius 2 is 1.88 bits per heavy atom. The topological polar surface area (TPSA) is 63.1 Å². The maximum Gasteiger partial charge on any atom is 0.241 e. The molecule has 0 aliphatic rings. The van der Waals surface area contributed by atoms with Gasteiger partial charge in [-0.15, -0.1) is 0 Å². The lowest BCUT2D eigenvalue weighted by Gasteiger charge is -2.24. The Morgan fingerprint density at radius 1 is 1.15 bits per heavy atom. The van der Waals surface area contributed by atoms with E-state index < -0.39 is 0 Å². The zero-order valence-electron chi connectivity index (χ0n) is 15.0. The van der Waals surface area contributed by atoms with Crippen molar-refractivity contribution in [1.29, 1.82) is 0 Å². The molecule has 1 heterocycles. The molecule has 1 aromatic heterocycles. The summed E-state index contributed by atoms with van der Waals surface area (Å²) in [7, 11) is 1.96. The molecule has 134 valence electrons. The van der Waals surface area contributed by atoms with E-state index in [9.17, 15) is 4.79 Å². The molecule has 1 atom stereocenters. The van der Waals surface area contributed by atoms with Gasteiger partial charge in [-0.05, 0) is 31.2 Å². The third-order valence-corrected chi connectivity index (χ3v) is 4.39. The van der Waals surface area contributed by atoms with Gasteiger partial charge in [0.15, 0.2) is 0 Å². The molecule has 1 unspecified atom stereocenters. The molecule has 1 amide bonds. The number of rotatable bonds is 7. The Labute approximate surface area is 153 Å². The number of nitrogens with zero attached hydrogens (tertiary/aromatic N) is 4. The van der Waals surface area contributed by atoms with E-state index in [0.717, 1.165) is 17.8 Å². The maximum absolute atomic E-state index is 12.7. The number of likely N-dealkylation sites (N-methyl/N-ethyl adjacent to an activating group) is 1. The lowest BCUT2D eigenvalue weighted by atomic mass is 10.1. The number of carbonyl (C=O) groups is 1. The zero-order chi connectivity index (χ0) is 18.4. The molecule has 6 nitrogen and oxygen atoms in total. The van der Waals surface area contributed by atoms with E-state index in [2.05, 4.69) is 27.5 Å². The highest BCUT2D eigenvalue weighted by Gasteiger charge is 2.19. The molecule has 0 spiro atoms. The molecule has 0 saturated carbocycles. The van der Waals surface area contributed by atoms with E-state index in [4.69, 9.17) is 0 Å². The summed E-state index contributed by atoms with van der Waals surface area (Å²) in [6, 6.07) is 17.6. The lowest BCUT2D eigenvalue weighted by molar-refractivity contribution is -0.120. The molecule has 3 rings (SSSR count). The molecule has 0 aliphatic carbocycles. The van der Waals surface area contributed by atoms with Crippen molar-refractivity contribution in [3.05, 3.63) is 78.4 Å². The minimum absolute atomic E-state index is 0.0329. The summed E-state index contributed by atoms with van der Waals surface area (Å²) in [5, 5.41) is 7.17. The van der Waals surface area contributed by atoms with E-state index >= 15 is 0 Å². The van der Waals surface area contributed by atoms with Gasteiger partial charge < -0.3 is 5.32 Å². The first-order valence-electron chi connectivity index (χ1n) is 8.59. The summed E-state index contributed by atoms with van der Waals surface area (Å²) >= 11 is 0. The van der Waals surface area contributed by atoms with E-state index in [-0.39, 0.29) is 11.9 Å². The van der Waals surface area contributed by atoms with Crippen LogP contribution in [-0.4, -0.2) is 38.7 Å². The quantitative estimate of drug-likeness (QED) is 0.712. The Bertz CT molecular complexity index is 832. The molecule has 0 saturated heterocycles. The number of anilines is 1. The number of carbonyl (C=O) groups excluding carboxylic acids is 1. The molecular formula is C20H23N5O. The van der Waals surface area contributed by atoms with Crippen molar-refractivity contribution in [2.75, 3.05) is 12.4 Å². The molecule has 3 aromatic rings. The van der Waals surface area contributed by atoms with Gasteiger partial charge in [-0.25, -0.2) is 9.67 Å². The third-order valence-electron chi connectivity index (χ3n) is 4.39. The first-order valence-corrected chi connectivity index (χ1v) is 8.59. The standard InChI is InChI=1S/C20H23N5O/c1-16(24(2)12-17-8-4-3-5-9-17)20(26)23-19-11-7-6-10-18(19)13-25-15-21-14-22-25/h3-11,14-16H,12-13H2,1-2H3,(H,23,26). The highest BCUT2D eigenvalue weighted by Crippen LogP contribution is 2.17. The highest BCUT2D eigenvalue weighted by atomic mass is 16.2. The predicted molar refractivity (Wildman–Crippen MR) is 102 cm³/mol. The highest BCUT2D eigenvalue weighted by molar-refractivity contribution is 5.95. The first kappa shape index (κ1) is 17.8. The van der Waals surface area contributed by atoms with Gasteiger partial charge in [-0.1, -0.05) is 48.5 Å². The number of aromatic nitrogens is 3. The monoisotopic (exact) mass is 349 g/mol. The van der Waals surface area contributed by atoms with Crippen molar-refractivity contribution < 1.29 is 4.79 Å². The van der Waals surface area contributed by atoms with Crippen LogP contribution >= 0.6 is 0 Å². The van der Waals surface area contributed by atoms with E-state index in [0.29, 0.717) is 6.54 Å². The van der Waals surface area contributed by atoms with Crippen molar-refractivity contribution >= 4 is 11.6 Å². The number of hydrogen-bond acceptors (Lipinski definition) is 4. The van der Waals surface area contributed by atoms with E-state index in [1.54, 1.807) is 11.0 Å². The summed E-state index contributed by atoms with van der Waals surface area (Å²) in [5.41, 5.74) is 2.97. The van der Waals surface area contributed by atoms with Crippen molar-refractivity contribution in [3.63, 3.8) is 0 Å². The summed E-state index contributed by atoms with van der Waals surface area (Å²) in [6.07, 6.45) is 3.16. The van der Waals surface area contributed by atoms with Gasteiger partial charge in [0.05, 0.1) is 12.6 Å². The van der Waals surface area contributed by atoms with Gasteiger partial charge in [0.1, 0.15) is 12.7 Å². The molecule has 1 N–H and O–H groups in total. The van der Waals surface area contributed by atoms with Crippen LogP contribution in [0.2, 0.25) is 0 Å². The van der Waals surface area contributed by atoms with Crippen LogP contribution in [0.3, 0.4) is 0 Å². The molecule has 6 heteroatoms. The molecule has 2 aromatic carbocycles. The van der Waals surface area contributed by atoms with Crippen LogP contribution in [0.25, 0.3) is 0 Å². The largest absolute Gasteiger partial charge is 0.324 e. The van der Waals surface area contributed by atoms with Crippen LogP contribution in [0.4, 0.5) is 5.69 Å². The predicted octanol–water partition coefficient (Wildman–Crippen LogP) is 2.79. The van der Waals surface area contributed by atoms with Crippen molar-refractivity contribution in [1.82, 2.24) is 19.7 Å². The van der Waals surface area contributed by atoms with E-state index in [1.807, 2.05) is 61.3 Å². The van der Waals surface area contributed by atoms with Gasteiger partial charge in [0.2, 0.25) is 5.91 Å². The second kappa shape index (κ2) is 8.40. The van der Waals surface area contributed by atoms with Crippen molar-refractivity contribution in [3.8, 4) is 0 Å². The number of hydrogen-bond donors (Lipinski definition) is 1. The molecular weight excluding hydrogens is 326 g/mol. The van der Waals surface area contributed by atoms with Crippen LogP contribution in [0.5, 0.6) is 0 Å². The Morgan fingerprint density at radius 3 is 2.62 bits per heavy atom. The van der Waals surface area contributed by atoms with Gasteiger partial charge in [-0.3, -0.25) is 9.69 Å². The van der Waals surface area contributed by atoms with Crippen molar-refractivity contribution in [2.45, 2.75) is 26.1 Å². The fraction of sp³-hybridized carbons (Fsp3) is 0.250. The van der Waals surface area contributed by atoms with Gasteiger partial charge in [0, 0.05) is 12.2 Å². The summed E-state index contributed by atoms with van der Waals surface area (Å²) < 4.78 is 1.73. The van der Waals surface area contributed by atoms with Gasteiger partial charge in [-0.2, -0.15) is 5.10 Å². The molecule has 0 fully saturated rings. The number of para-hydroxylation sites is 1. The number of nitrogens with one attached hydrogen (secondary N) is 1. The molecule has 26 heavy (non-hydrogen) atoms. The van der Waals surface area contributed by atoms with Crippen LogP contribution in [0, 0.1) is 0 Å². The van der Waals surface area contributed by atoms with Gasteiger partial charge in [0.25, 0.3) is 0 Å². The summed E-state index contributed by atoms with van der Waals surface area (Å²) in [4.78, 5) is 18.7. The average Bonchev–Trinajstić information content (AvgIpc) is 3.16. The fourth-order valence-electron chi connectivity index (χ4n) is 2.71. The maximum atomic E-state index is 12.7. The van der Waals surface area contributed by atoms with Crippen molar-refractivity contribution in [2.24, 2.45) is 0 Å². The Kier molecular flexibility index (Phi) is 5.76. The van der Waals surface area contributed by atoms with Crippen LogP contribution in [0.1, 0.15) is 18.1 Å². The summed E-state index contributed by atoms with van der Waals surface area (Å²) in [6.45, 7) is 3.19. The third kappa shape index (κ3) is 4.55. The average molecular weight is 349 g/mol. The molecule has 0 bridgehead atoms. The SMILES string of the molecule is CC(C(=O)Nc1ccccc1Cn1cncn1)N(C)Cc1ccccc1. The number of benzene rings is 2. The second-order valence-corrected chi connectivity index (χ2v) is 6.32. The lowest BCUT2D eigenvalue weighted by Crippen LogP contribution is -2.39. The Balaban J connectivity index is 1.65. The molecule has 0 radical (unpaired) electrons. The summed E-state index contributed by atoms with van der Waals surface area (Å²) in [5.74, 6) is -0.0329. The Hall–Kier alpha value is -2.99. The fourth-order valence-corrected chi connectivity index (χ4v) is 2.71. The van der Waals surface area contributed by atoms with Crippen LogP contribution in [0.15, 0.2) is 67.3 Å². The number of amides is 1. The normalized spacial score (nSPS) is 12.1. The molecule has 0 aliphatic heterocycles. The minimum atomic E-state index is -0.255. The second-order valence-electron chi connectivity index (χ2n) is 6.32. The minimum Gasteiger partial charge on any atom is -0.324 e. The van der Waals surface area contributed by atoms with Gasteiger partial charge >= 0.3 is 0 Å². The zero-order valence-corrected chi connectivity index (χ0v) is 15.0. The smallest absolute Gasteiger partial charge is 0.241 e. The first-order chi connectivity index (χ1) is 12.6. The van der Waals surface area contributed by atoms with Crippen LogP contribution < -0.4 is 5.32 Å². The van der Waals surface area contributed by atoms with E-state index in [1.165, 1.54) is 11.9 Å². The van der Waals surface area contributed by atoms with Crippen LogP contribution in [-0.2, 0) is 17.9 Å².